The van der Waals surface area contributed by atoms with Gasteiger partial charge in [-0.1, -0.05) is 12.1 Å². The number of piperidine rings is 1. The second kappa shape index (κ2) is 9.93. The van der Waals surface area contributed by atoms with Crippen LogP contribution < -0.4 is 14.8 Å². The number of hydrogen-bond donors (Lipinski definition) is 1. The molecular formula is C26H28FN3O5. The van der Waals surface area contributed by atoms with Crippen LogP contribution in [-0.4, -0.2) is 66.5 Å². The lowest BCUT2D eigenvalue weighted by Gasteiger charge is -2.37. The zero-order chi connectivity index (χ0) is 24.4. The molecule has 2 fully saturated rings. The van der Waals surface area contributed by atoms with Gasteiger partial charge in [-0.2, -0.15) is 0 Å². The fourth-order valence-corrected chi connectivity index (χ4v) is 5.02. The molecule has 3 aliphatic heterocycles. The van der Waals surface area contributed by atoms with E-state index < -0.39 is 11.9 Å². The van der Waals surface area contributed by atoms with Crippen molar-refractivity contribution >= 4 is 17.7 Å². The van der Waals surface area contributed by atoms with Gasteiger partial charge in [0.15, 0.2) is 11.5 Å². The fraction of sp³-hybridized carbons (Fsp3) is 0.423. The predicted molar refractivity (Wildman–Crippen MR) is 125 cm³/mol. The highest BCUT2D eigenvalue weighted by molar-refractivity contribution is 5.98. The summed E-state index contributed by atoms with van der Waals surface area (Å²) in [6.07, 6.45) is 2.96. The zero-order valence-corrected chi connectivity index (χ0v) is 19.4. The summed E-state index contributed by atoms with van der Waals surface area (Å²) >= 11 is 0. The van der Waals surface area contributed by atoms with Gasteiger partial charge >= 0.3 is 0 Å². The van der Waals surface area contributed by atoms with Crippen LogP contribution in [-0.2, 0) is 4.79 Å². The van der Waals surface area contributed by atoms with E-state index in [4.69, 9.17) is 9.47 Å². The molecule has 0 radical (unpaired) electrons. The summed E-state index contributed by atoms with van der Waals surface area (Å²) in [5, 5.41) is 2.97. The number of fused-ring (bicyclic) bond motifs is 1. The summed E-state index contributed by atoms with van der Waals surface area (Å²) in [5.74, 6) is -0.392. The Bertz CT molecular complexity index is 1130. The molecule has 5 rings (SSSR count). The first-order valence-corrected chi connectivity index (χ1v) is 12.0. The van der Waals surface area contributed by atoms with Gasteiger partial charge in [0.25, 0.3) is 11.8 Å². The van der Waals surface area contributed by atoms with Gasteiger partial charge in [0.2, 0.25) is 12.7 Å². The van der Waals surface area contributed by atoms with Crippen LogP contribution in [0.2, 0.25) is 0 Å². The molecule has 2 aromatic carbocycles. The van der Waals surface area contributed by atoms with Crippen LogP contribution in [0.5, 0.6) is 11.5 Å². The van der Waals surface area contributed by atoms with Crippen LogP contribution in [0.4, 0.5) is 4.39 Å². The predicted octanol–water partition coefficient (Wildman–Crippen LogP) is 2.83. The number of nitrogens with zero attached hydrogens (tertiary/aromatic N) is 2. The highest BCUT2D eigenvalue weighted by Crippen LogP contribution is 2.33. The maximum Gasteiger partial charge on any atom is 0.256 e. The first kappa shape index (κ1) is 23.1. The number of likely N-dealkylation sites (tertiary alicyclic amines) is 2. The largest absolute Gasteiger partial charge is 0.454 e. The zero-order valence-electron chi connectivity index (χ0n) is 19.4. The molecule has 3 heterocycles. The van der Waals surface area contributed by atoms with Crippen LogP contribution in [0.3, 0.4) is 0 Å². The number of halogens is 1. The molecule has 0 bridgehead atoms. The summed E-state index contributed by atoms with van der Waals surface area (Å²) in [6.45, 7) is 2.25. The highest BCUT2D eigenvalue weighted by atomic mass is 19.1. The van der Waals surface area contributed by atoms with E-state index in [2.05, 4.69) is 5.32 Å². The maximum absolute atomic E-state index is 14.1. The van der Waals surface area contributed by atoms with Gasteiger partial charge in [-0.15, -0.1) is 0 Å². The van der Waals surface area contributed by atoms with Crippen molar-refractivity contribution in [2.75, 3.05) is 33.0 Å². The summed E-state index contributed by atoms with van der Waals surface area (Å²) in [6, 6.07) is 10.2. The molecule has 2 aromatic rings. The number of nitrogens with one attached hydrogen (secondary N) is 1. The number of amides is 3. The molecule has 0 saturated carbocycles. The van der Waals surface area contributed by atoms with Gasteiger partial charge in [-0.25, -0.2) is 4.39 Å². The second-order valence-corrected chi connectivity index (χ2v) is 9.16. The summed E-state index contributed by atoms with van der Waals surface area (Å²) in [5.41, 5.74) is 0.437. The van der Waals surface area contributed by atoms with E-state index in [1.807, 2.05) is 4.90 Å². The van der Waals surface area contributed by atoms with Gasteiger partial charge < -0.3 is 24.6 Å². The van der Waals surface area contributed by atoms with Gasteiger partial charge in [0, 0.05) is 31.7 Å². The molecule has 3 aliphatic rings. The number of carbonyl (C=O) groups excluding carboxylic acids is 3. The number of hydrogen-bond acceptors (Lipinski definition) is 5. The summed E-state index contributed by atoms with van der Waals surface area (Å²) in [7, 11) is 0. The Balaban J connectivity index is 1.29. The minimum absolute atomic E-state index is 0.0479. The standard InChI is InChI=1S/C26H28FN3O5/c27-20-6-2-1-5-19(20)25(32)30-13-9-17(10-14-30)23(26(33)29-11-3-4-12-29)28-24(31)18-7-8-21-22(15-18)35-16-34-21/h1-2,5-8,15,17,23H,3-4,9-14,16H2,(H,28,31)/t23-/m1/s1. The van der Waals surface area contributed by atoms with E-state index in [-0.39, 0.29) is 36.0 Å². The average Bonchev–Trinajstić information content (AvgIpc) is 3.59. The lowest BCUT2D eigenvalue weighted by Crippen LogP contribution is -2.54. The number of rotatable bonds is 5. The third-order valence-electron chi connectivity index (χ3n) is 7.01. The third-order valence-corrected chi connectivity index (χ3v) is 7.01. The van der Waals surface area contributed by atoms with Crippen LogP contribution in [0.15, 0.2) is 42.5 Å². The maximum atomic E-state index is 14.1. The van der Waals surface area contributed by atoms with E-state index >= 15 is 0 Å². The van der Waals surface area contributed by atoms with E-state index in [1.54, 1.807) is 35.2 Å². The van der Waals surface area contributed by atoms with Crippen LogP contribution in [0.1, 0.15) is 46.4 Å². The van der Waals surface area contributed by atoms with Crippen molar-refractivity contribution in [2.45, 2.75) is 31.7 Å². The minimum atomic E-state index is -0.697. The van der Waals surface area contributed by atoms with Crippen molar-refractivity contribution in [3.8, 4) is 11.5 Å². The molecule has 8 nitrogen and oxygen atoms in total. The Morgan fingerprint density at radius 3 is 2.37 bits per heavy atom. The van der Waals surface area contributed by atoms with Crippen molar-refractivity contribution in [2.24, 2.45) is 5.92 Å². The lowest BCUT2D eigenvalue weighted by molar-refractivity contribution is -0.134. The average molecular weight is 482 g/mol. The Labute approximate surface area is 203 Å². The Kier molecular flexibility index (Phi) is 6.57. The molecule has 3 amide bonds. The minimum Gasteiger partial charge on any atom is -0.454 e. The molecule has 35 heavy (non-hydrogen) atoms. The smallest absolute Gasteiger partial charge is 0.256 e. The van der Waals surface area contributed by atoms with Crippen LogP contribution in [0.25, 0.3) is 0 Å². The highest BCUT2D eigenvalue weighted by Gasteiger charge is 2.37. The van der Waals surface area contributed by atoms with Gasteiger partial charge in [-0.05, 0) is 61.9 Å². The van der Waals surface area contributed by atoms with E-state index in [1.165, 1.54) is 12.1 Å². The Morgan fingerprint density at radius 2 is 1.63 bits per heavy atom. The first-order chi connectivity index (χ1) is 17.0. The Morgan fingerprint density at radius 1 is 0.914 bits per heavy atom. The number of ether oxygens (including phenoxy) is 2. The molecule has 2 saturated heterocycles. The van der Waals surface area contributed by atoms with Gasteiger partial charge in [0.1, 0.15) is 11.9 Å². The molecule has 1 N–H and O–H groups in total. The lowest BCUT2D eigenvalue weighted by atomic mass is 9.88. The third kappa shape index (κ3) is 4.80. The van der Waals surface area contributed by atoms with Crippen molar-refractivity contribution < 1.29 is 28.2 Å². The van der Waals surface area contributed by atoms with Crippen molar-refractivity contribution in [3.05, 3.63) is 59.4 Å². The first-order valence-electron chi connectivity index (χ1n) is 12.0. The van der Waals surface area contributed by atoms with Crippen molar-refractivity contribution in [1.29, 1.82) is 0 Å². The van der Waals surface area contributed by atoms with Crippen molar-refractivity contribution in [1.82, 2.24) is 15.1 Å². The van der Waals surface area contributed by atoms with Gasteiger partial charge in [0.05, 0.1) is 5.56 Å². The van der Waals surface area contributed by atoms with Crippen LogP contribution in [0, 0.1) is 11.7 Å². The Hall–Kier alpha value is -3.62. The molecule has 0 unspecified atom stereocenters. The molecule has 1 atom stereocenters. The number of benzene rings is 2. The second-order valence-electron chi connectivity index (χ2n) is 9.16. The molecule has 0 aromatic heterocycles. The van der Waals surface area contributed by atoms with E-state index in [9.17, 15) is 18.8 Å². The molecule has 9 heteroatoms. The molecule has 0 spiro atoms. The quantitative estimate of drug-likeness (QED) is 0.710. The van der Waals surface area contributed by atoms with Crippen molar-refractivity contribution in [3.63, 3.8) is 0 Å². The molecular weight excluding hydrogens is 453 g/mol. The van der Waals surface area contributed by atoms with E-state index in [0.717, 1.165) is 12.8 Å². The van der Waals surface area contributed by atoms with Crippen LogP contribution >= 0.6 is 0 Å². The topological polar surface area (TPSA) is 88.2 Å². The summed E-state index contributed by atoms with van der Waals surface area (Å²) < 4.78 is 24.8. The summed E-state index contributed by atoms with van der Waals surface area (Å²) in [4.78, 5) is 42.8. The normalized spacial score (nSPS) is 18.4. The van der Waals surface area contributed by atoms with E-state index in [0.29, 0.717) is 56.1 Å². The van der Waals surface area contributed by atoms with Gasteiger partial charge in [-0.3, -0.25) is 14.4 Å². The molecule has 0 aliphatic carbocycles. The fourth-order valence-electron chi connectivity index (χ4n) is 5.02. The number of carbonyl (C=O) groups is 3. The SMILES string of the molecule is O=C(N[C@@H](C(=O)N1CCCC1)C1CCN(C(=O)c2ccccc2F)CC1)c1ccc2c(c1)OCO2. The molecule has 184 valence electrons. The monoisotopic (exact) mass is 481 g/mol.